The summed E-state index contributed by atoms with van der Waals surface area (Å²) in [7, 11) is 0. The lowest BCUT2D eigenvalue weighted by Gasteiger charge is -2.36. The molecule has 0 bridgehead atoms. The highest BCUT2D eigenvalue weighted by molar-refractivity contribution is 7.80. The van der Waals surface area contributed by atoms with Gasteiger partial charge in [0.1, 0.15) is 11.8 Å². The number of rotatable bonds is 7. The molecule has 0 radical (unpaired) electrons. The molecule has 4 aromatic carbocycles. The summed E-state index contributed by atoms with van der Waals surface area (Å²) in [4.78, 5) is 31.9. The third kappa shape index (κ3) is 5.80. The van der Waals surface area contributed by atoms with Gasteiger partial charge in [0.15, 0.2) is 0 Å². The van der Waals surface area contributed by atoms with Gasteiger partial charge in [-0.25, -0.2) is 0 Å². The lowest BCUT2D eigenvalue weighted by Crippen LogP contribution is -2.49. The fraction of sp³-hybridized carbons (Fsp3) is 0.147. The Bertz CT molecular complexity index is 1680. The number of nitrogens with zero attached hydrogens (tertiary/aromatic N) is 4. The van der Waals surface area contributed by atoms with Crippen molar-refractivity contribution < 1.29 is 9.53 Å². The van der Waals surface area contributed by atoms with Gasteiger partial charge in [0.2, 0.25) is 5.75 Å². The van der Waals surface area contributed by atoms with Gasteiger partial charge in [-0.2, -0.15) is 9.78 Å². The molecule has 0 spiro atoms. The van der Waals surface area contributed by atoms with E-state index in [0.29, 0.717) is 43.1 Å². The second kappa shape index (κ2) is 12.4. The Morgan fingerprint density at radius 2 is 1.36 bits per heavy atom. The zero-order chi connectivity index (χ0) is 28.9. The van der Waals surface area contributed by atoms with Gasteiger partial charge >= 0.3 is 5.56 Å². The van der Waals surface area contributed by atoms with E-state index in [1.807, 2.05) is 108 Å². The molecule has 1 amide bonds. The van der Waals surface area contributed by atoms with Crippen molar-refractivity contribution in [3.05, 3.63) is 149 Å². The lowest BCUT2D eigenvalue weighted by atomic mass is 10.0. The Hall–Kier alpha value is -4.82. The summed E-state index contributed by atoms with van der Waals surface area (Å²) in [5.41, 5.74) is 3.38. The quantitative estimate of drug-likeness (QED) is 0.255. The van der Waals surface area contributed by atoms with Crippen LogP contribution in [0.5, 0.6) is 5.75 Å². The van der Waals surface area contributed by atoms with E-state index < -0.39 is 6.10 Å². The molecule has 1 aliphatic heterocycles. The van der Waals surface area contributed by atoms with Crippen LogP contribution in [0.1, 0.15) is 27.6 Å². The first-order chi connectivity index (χ1) is 20.6. The van der Waals surface area contributed by atoms with Crippen LogP contribution < -0.4 is 15.2 Å². The Kier molecular flexibility index (Phi) is 8.05. The van der Waals surface area contributed by atoms with Gasteiger partial charge in [-0.05, 0) is 41.5 Å². The molecule has 1 saturated heterocycles. The SMILES string of the molecule is O=C(c1cccc(S)c1)N1CCN(c2cnn(-c3ccccc3)c(=O)c2OC(c2ccccc2)c2ccccc2)CC1. The number of piperazine rings is 1. The monoisotopic (exact) mass is 574 g/mol. The fourth-order valence-electron chi connectivity index (χ4n) is 5.19. The third-order valence-electron chi connectivity index (χ3n) is 7.36. The largest absolute Gasteiger partial charge is 0.473 e. The summed E-state index contributed by atoms with van der Waals surface area (Å²) in [6.07, 6.45) is 1.18. The number of carbonyl (C=O) groups is 1. The highest BCUT2D eigenvalue weighted by Crippen LogP contribution is 2.33. The van der Waals surface area contributed by atoms with Crippen LogP contribution in [0.4, 0.5) is 5.69 Å². The summed E-state index contributed by atoms with van der Waals surface area (Å²) in [6.45, 7) is 2.05. The summed E-state index contributed by atoms with van der Waals surface area (Å²) in [5, 5.41) is 4.54. The van der Waals surface area contributed by atoms with Crippen LogP contribution in [0, 0.1) is 0 Å². The van der Waals surface area contributed by atoms with Gasteiger partial charge in [0.25, 0.3) is 5.91 Å². The second-order valence-electron chi connectivity index (χ2n) is 10.1. The summed E-state index contributed by atoms with van der Waals surface area (Å²) in [6, 6.07) is 36.3. The van der Waals surface area contributed by atoms with Crippen molar-refractivity contribution in [2.75, 3.05) is 31.1 Å². The Labute approximate surface area is 250 Å². The van der Waals surface area contributed by atoms with E-state index in [-0.39, 0.29) is 17.2 Å². The number of benzene rings is 4. The number of para-hydroxylation sites is 1. The first-order valence-electron chi connectivity index (χ1n) is 13.9. The first kappa shape index (κ1) is 27.4. The molecule has 1 aromatic heterocycles. The van der Waals surface area contributed by atoms with Crippen molar-refractivity contribution in [1.82, 2.24) is 14.7 Å². The summed E-state index contributed by atoms with van der Waals surface area (Å²) >= 11 is 4.38. The maximum absolute atomic E-state index is 14.1. The van der Waals surface area contributed by atoms with Crippen LogP contribution in [0.3, 0.4) is 0 Å². The van der Waals surface area contributed by atoms with Gasteiger partial charge in [-0.3, -0.25) is 9.59 Å². The Morgan fingerprint density at radius 1 is 0.762 bits per heavy atom. The minimum atomic E-state index is -0.512. The van der Waals surface area contributed by atoms with Crippen LogP contribution in [0.2, 0.25) is 0 Å². The molecule has 0 aliphatic carbocycles. The molecule has 0 saturated carbocycles. The average Bonchev–Trinajstić information content (AvgIpc) is 3.05. The van der Waals surface area contributed by atoms with E-state index in [0.717, 1.165) is 16.0 Å². The molecule has 0 unspecified atom stereocenters. The zero-order valence-electron chi connectivity index (χ0n) is 22.9. The molecular formula is C34H30N4O3S. The van der Waals surface area contributed by atoms with E-state index >= 15 is 0 Å². The van der Waals surface area contributed by atoms with E-state index in [4.69, 9.17) is 4.74 Å². The highest BCUT2D eigenvalue weighted by atomic mass is 32.1. The van der Waals surface area contributed by atoms with E-state index in [9.17, 15) is 9.59 Å². The Morgan fingerprint density at radius 3 is 1.95 bits per heavy atom. The van der Waals surface area contributed by atoms with Gasteiger partial charge < -0.3 is 14.5 Å². The molecule has 2 heterocycles. The summed E-state index contributed by atoms with van der Waals surface area (Å²) in [5.74, 6) is 0.182. The Balaban J connectivity index is 1.36. The van der Waals surface area contributed by atoms with Crippen molar-refractivity contribution in [1.29, 1.82) is 0 Å². The number of ether oxygens (including phenoxy) is 1. The normalized spacial score (nSPS) is 13.3. The minimum absolute atomic E-state index is 0.0344. The van der Waals surface area contributed by atoms with Crippen LogP contribution >= 0.6 is 12.6 Å². The molecule has 1 aliphatic rings. The standard InChI is InChI=1S/C34H30N4O3S/c39-33(27-15-10-18-29(42)23-27)37-21-19-36(20-22-37)30-24-35-38(28-16-8-3-9-17-28)34(40)32(30)41-31(25-11-4-1-5-12-25)26-13-6-2-7-14-26/h1-18,23-24,31,42H,19-22H2. The molecule has 7 nitrogen and oxygen atoms in total. The van der Waals surface area contributed by atoms with Crippen molar-refractivity contribution in [2.24, 2.45) is 0 Å². The van der Waals surface area contributed by atoms with Crippen molar-refractivity contribution >= 4 is 24.2 Å². The first-order valence-corrected chi connectivity index (χ1v) is 14.3. The average molecular weight is 575 g/mol. The van der Waals surface area contributed by atoms with E-state index in [1.165, 1.54) is 4.68 Å². The maximum Gasteiger partial charge on any atom is 0.316 e. The van der Waals surface area contributed by atoms with Crippen molar-refractivity contribution in [2.45, 2.75) is 11.0 Å². The number of anilines is 1. The summed E-state index contributed by atoms with van der Waals surface area (Å²) < 4.78 is 8.09. The van der Waals surface area contributed by atoms with Gasteiger partial charge in [0, 0.05) is 36.6 Å². The molecule has 1 fully saturated rings. The van der Waals surface area contributed by atoms with Crippen molar-refractivity contribution in [3.8, 4) is 11.4 Å². The van der Waals surface area contributed by atoms with E-state index in [2.05, 4.69) is 22.6 Å². The number of hydrogen-bond donors (Lipinski definition) is 1. The number of hydrogen-bond acceptors (Lipinski definition) is 6. The second-order valence-corrected chi connectivity index (χ2v) is 10.6. The number of amides is 1. The third-order valence-corrected chi connectivity index (χ3v) is 7.63. The molecule has 0 atom stereocenters. The highest BCUT2D eigenvalue weighted by Gasteiger charge is 2.28. The minimum Gasteiger partial charge on any atom is -0.473 e. The molecule has 6 rings (SSSR count). The van der Waals surface area contributed by atoms with Gasteiger partial charge in [0.05, 0.1) is 11.9 Å². The topological polar surface area (TPSA) is 67.7 Å². The zero-order valence-corrected chi connectivity index (χ0v) is 23.8. The number of thiol groups is 1. The van der Waals surface area contributed by atoms with Crippen LogP contribution in [0.25, 0.3) is 5.69 Å². The van der Waals surface area contributed by atoms with Gasteiger partial charge in [-0.15, -0.1) is 12.6 Å². The lowest BCUT2D eigenvalue weighted by molar-refractivity contribution is 0.0746. The molecule has 0 N–H and O–H groups in total. The predicted octanol–water partition coefficient (Wildman–Crippen LogP) is 5.65. The maximum atomic E-state index is 14.1. The number of carbonyl (C=O) groups excluding carboxylic acids is 1. The molecule has 210 valence electrons. The van der Waals surface area contributed by atoms with Crippen molar-refractivity contribution in [3.63, 3.8) is 0 Å². The molecule has 5 aromatic rings. The molecule has 42 heavy (non-hydrogen) atoms. The fourth-order valence-corrected chi connectivity index (χ4v) is 5.42. The molecule has 8 heteroatoms. The van der Waals surface area contributed by atoms with Gasteiger partial charge in [-0.1, -0.05) is 84.9 Å². The smallest absolute Gasteiger partial charge is 0.316 e. The predicted molar refractivity (Wildman–Crippen MR) is 167 cm³/mol. The van der Waals surface area contributed by atoms with Crippen LogP contribution in [-0.4, -0.2) is 46.8 Å². The van der Waals surface area contributed by atoms with E-state index in [1.54, 1.807) is 18.3 Å². The van der Waals surface area contributed by atoms with Crippen LogP contribution in [0.15, 0.2) is 131 Å². The molecular weight excluding hydrogens is 544 g/mol. The van der Waals surface area contributed by atoms with Crippen LogP contribution in [-0.2, 0) is 0 Å². The number of aromatic nitrogens is 2.